The first-order chi connectivity index (χ1) is 17.1. The summed E-state index contributed by atoms with van der Waals surface area (Å²) >= 11 is 0. The third-order valence-electron chi connectivity index (χ3n) is 6.28. The van der Waals surface area contributed by atoms with Crippen molar-refractivity contribution in [2.75, 3.05) is 20.3 Å². The maximum Gasteiger partial charge on any atom is 0.266 e. The van der Waals surface area contributed by atoms with E-state index in [9.17, 15) is 9.59 Å². The molecule has 0 spiro atoms. The molecule has 180 valence electrons. The number of rotatable bonds is 9. The molecule has 0 aliphatic rings. The fraction of sp³-hybridized carbons (Fsp3) is 0.276. The van der Waals surface area contributed by atoms with Crippen molar-refractivity contribution in [1.29, 1.82) is 0 Å². The van der Waals surface area contributed by atoms with Crippen LogP contribution in [0.1, 0.15) is 48.1 Å². The van der Waals surface area contributed by atoms with Crippen molar-refractivity contribution in [2.45, 2.75) is 32.7 Å². The third-order valence-corrected chi connectivity index (χ3v) is 6.28. The summed E-state index contributed by atoms with van der Waals surface area (Å²) in [7, 11) is 1.62. The van der Waals surface area contributed by atoms with Gasteiger partial charge in [0.25, 0.3) is 11.5 Å². The standard InChI is InChI=1S/C29H31N3O3/c1-4-21-15-17-22(18-16-21)28(33)31(19-20-35-3)26(5-2)27-30-25-14-10-9-13-24(25)29(34)32(27)23-11-7-6-8-12-23/h6-18,26H,4-5,19-20H2,1-3H3. The molecule has 0 saturated carbocycles. The van der Waals surface area contributed by atoms with Crippen LogP contribution in [0.15, 0.2) is 83.7 Å². The van der Waals surface area contributed by atoms with Crippen LogP contribution < -0.4 is 5.56 Å². The summed E-state index contributed by atoms with van der Waals surface area (Å²) in [5, 5.41) is 0.542. The summed E-state index contributed by atoms with van der Waals surface area (Å²) < 4.78 is 6.99. The molecule has 1 amide bonds. The first-order valence-corrected chi connectivity index (χ1v) is 12.0. The zero-order valence-corrected chi connectivity index (χ0v) is 20.5. The Balaban J connectivity index is 1.89. The number of aryl methyl sites for hydroxylation is 1. The summed E-state index contributed by atoms with van der Waals surface area (Å²) in [4.78, 5) is 34.2. The fourth-order valence-corrected chi connectivity index (χ4v) is 4.38. The molecule has 0 N–H and O–H groups in total. The molecule has 0 aliphatic carbocycles. The molecule has 1 aromatic heterocycles. The van der Waals surface area contributed by atoms with Gasteiger partial charge in [0.2, 0.25) is 0 Å². The number of aromatic nitrogens is 2. The molecule has 1 atom stereocenters. The number of fused-ring (bicyclic) bond motifs is 1. The van der Waals surface area contributed by atoms with E-state index >= 15 is 0 Å². The van der Waals surface area contributed by atoms with E-state index in [0.717, 1.165) is 12.1 Å². The Morgan fingerprint density at radius 3 is 2.31 bits per heavy atom. The highest BCUT2D eigenvalue weighted by Crippen LogP contribution is 2.27. The van der Waals surface area contributed by atoms with E-state index in [0.29, 0.717) is 41.9 Å². The molecule has 1 unspecified atom stereocenters. The van der Waals surface area contributed by atoms with Gasteiger partial charge in [-0.15, -0.1) is 0 Å². The highest BCUT2D eigenvalue weighted by molar-refractivity contribution is 5.94. The minimum absolute atomic E-state index is 0.112. The number of para-hydroxylation sites is 2. The number of hydrogen-bond acceptors (Lipinski definition) is 4. The molecule has 6 heteroatoms. The second-order valence-corrected chi connectivity index (χ2v) is 8.43. The molecule has 35 heavy (non-hydrogen) atoms. The Hall–Kier alpha value is -3.77. The molecule has 6 nitrogen and oxygen atoms in total. The number of amides is 1. The van der Waals surface area contributed by atoms with Gasteiger partial charge >= 0.3 is 0 Å². The summed E-state index contributed by atoms with van der Waals surface area (Å²) in [6.45, 7) is 4.84. The minimum atomic E-state index is -0.430. The largest absolute Gasteiger partial charge is 0.383 e. The molecular formula is C29H31N3O3. The van der Waals surface area contributed by atoms with Crippen molar-refractivity contribution in [3.8, 4) is 5.69 Å². The Morgan fingerprint density at radius 1 is 0.971 bits per heavy atom. The maximum atomic E-state index is 13.8. The SMILES string of the molecule is CCc1ccc(C(=O)N(CCOC)C(CC)c2nc3ccccc3c(=O)n2-c2ccccc2)cc1. The second-order valence-electron chi connectivity index (χ2n) is 8.43. The van der Waals surface area contributed by atoms with Gasteiger partial charge in [-0.25, -0.2) is 4.98 Å². The predicted molar refractivity (Wildman–Crippen MR) is 139 cm³/mol. The number of hydrogen-bond donors (Lipinski definition) is 0. The second kappa shape index (κ2) is 11.1. The van der Waals surface area contributed by atoms with Crippen molar-refractivity contribution in [1.82, 2.24) is 14.5 Å². The van der Waals surface area contributed by atoms with E-state index in [1.807, 2.05) is 79.7 Å². The molecule has 4 aromatic rings. The smallest absolute Gasteiger partial charge is 0.266 e. The average molecular weight is 470 g/mol. The molecule has 0 fully saturated rings. The zero-order valence-electron chi connectivity index (χ0n) is 20.5. The van der Waals surface area contributed by atoms with Crippen molar-refractivity contribution in [3.63, 3.8) is 0 Å². The van der Waals surface area contributed by atoms with Crippen LogP contribution in [-0.2, 0) is 11.2 Å². The molecule has 0 saturated heterocycles. The van der Waals surface area contributed by atoms with Gasteiger partial charge in [-0.3, -0.25) is 14.2 Å². The van der Waals surface area contributed by atoms with E-state index in [-0.39, 0.29) is 11.5 Å². The Kier molecular flexibility index (Phi) is 7.73. The van der Waals surface area contributed by atoms with Crippen LogP contribution in [0.4, 0.5) is 0 Å². The molecule has 1 heterocycles. The molecular weight excluding hydrogens is 438 g/mol. The number of ether oxygens (including phenoxy) is 1. The number of methoxy groups -OCH3 is 1. The van der Waals surface area contributed by atoms with E-state index in [2.05, 4.69) is 6.92 Å². The average Bonchev–Trinajstić information content (AvgIpc) is 2.91. The quantitative estimate of drug-likeness (QED) is 0.338. The van der Waals surface area contributed by atoms with Gasteiger partial charge in [0.05, 0.1) is 29.2 Å². The van der Waals surface area contributed by atoms with Gasteiger partial charge in [0.1, 0.15) is 5.82 Å². The topological polar surface area (TPSA) is 64.4 Å². The monoisotopic (exact) mass is 469 g/mol. The highest BCUT2D eigenvalue weighted by atomic mass is 16.5. The van der Waals surface area contributed by atoms with Crippen LogP contribution in [0.25, 0.3) is 16.6 Å². The number of carbonyl (C=O) groups excluding carboxylic acids is 1. The van der Waals surface area contributed by atoms with Gasteiger partial charge in [-0.1, -0.05) is 56.3 Å². The van der Waals surface area contributed by atoms with E-state index in [4.69, 9.17) is 9.72 Å². The van der Waals surface area contributed by atoms with Crippen molar-refractivity contribution in [3.05, 3.63) is 106 Å². The first-order valence-electron chi connectivity index (χ1n) is 12.0. The van der Waals surface area contributed by atoms with Crippen LogP contribution >= 0.6 is 0 Å². The molecule has 0 bridgehead atoms. The van der Waals surface area contributed by atoms with Gasteiger partial charge in [-0.05, 0) is 54.8 Å². The van der Waals surface area contributed by atoms with Gasteiger partial charge < -0.3 is 9.64 Å². The van der Waals surface area contributed by atoms with E-state index in [1.165, 1.54) is 5.56 Å². The lowest BCUT2D eigenvalue weighted by atomic mass is 10.1. The fourth-order valence-electron chi connectivity index (χ4n) is 4.38. The Morgan fingerprint density at radius 2 is 1.66 bits per heavy atom. The van der Waals surface area contributed by atoms with Crippen molar-refractivity contribution < 1.29 is 9.53 Å². The lowest BCUT2D eigenvalue weighted by Crippen LogP contribution is -2.40. The van der Waals surface area contributed by atoms with Gasteiger partial charge in [-0.2, -0.15) is 0 Å². The van der Waals surface area contributed by atoms with E-state index < -0.39 is 6.04 Å². The van der Waals surface area contributed by atoms with Crippen LogP contribution in [0.3, 0.4) is 0 Å². The summed E-state index contributed by atoms with van der Waals surface area (Å²) in [5.74, 6) is 0.426. The third kappa shape index (κ3) is 5.03. The summed E-state index contributed by atoms with van der Waals surface area (Å²) in [6, 6.07) is 24.1. The molecule has 4 rings (SSSR count). The van der Waals surface area contributed by atoms with Crippen molar-refractivity contribution >= 4 is 16.8 Å². The predicted octanol–water partition coefficient (Wildman–Crippen LogP) is 5.19. The van der Waals surface area contributed by atoms with Gasteiger partial charge in [0.15, 0.2) is 0 Å². The molecule has 0 aliphatic heterocycles. The summed E-state index contributed by atoms with van der Waals surface area (Å²) in [6.07, 6.45) is 1.49. The van der Waals surface area contributed by atoms with Crippen LogP contribution in [0, 0.1) is 0 Å². The number of benzene rings is 3. The van der Waals surface area contributed by atoms with E-state index in [1.54, 1.807) is 22.6 Å². The normalized spacial score (nSPS) is 12.0. The number of nitrogens with zero attached hydrogens (tertiary/aromatic N) is 3. The van der Waals surface area contributed by atoms with Crippen LogP contribution in [0.2, 0.25) is 0 Å². The van der Waals surface area contributed by atoms with Crippen LogP contribution in [0.5, 0.6) is 0 Å². The zero-order chi connectivity index (χ0) is 24.8. The highest BCUT2D eigenvalue weighted by Gasteiger charge is 2.29. The molecule has 3 aromatic carbocycles. The lowest BCUT2D eigenvalue weighted by Gasteiger charge is -2.32. The first kappa shape index (κ1) is 24.4. The van der Waals surface area contributed by atoms with Crippen LogP contribution in [-0.4, -0.2) is 40.6 Å². The maximum absolute atomic E-state index is 13.8. The van der Waals surface area contributed by atoms with Gasteiger partial charge in [0, 0.05) is 19.2 Å². The Labute approximate surface area is 205 Å². The Bertz CT molecular complexity index is 1350. The number of carbonyl (C=O) groups is 1. The minimum Gasteiger partial charge on any atom is -0.383 e. The molecule has 0 radical (unpaired) electrons. The van der Waals surface area contributed by atoms with Crippen molar-refractivity contribution in [2.24, 2.45) is 0 Å². The lowest BCUT2D eigenvalue weighted by molar-refractivity contribution is 0.0579. The summed E-state index contributed by atoms with van der Waals surface area (Å²) in [5.41, 5.74) is 2.96.